The standard InChI is InChI=1S/C18H31N3/c1-3-20(4-2)13-9-12-19-16-17-10-5-6-11-18(17)21-14-7-8-15-21/h5-6,10-11,19H,3-4,7-9,12-16H2,1-2H3. The number of benzene rings is 1. The van der Waals surface area contributed by atoms with Gasteiger partial charge in [-0.3, -0.25) is 0 Å². The first-order valence-corrected chi connectivity index (χ1v) is 8.61. The maximum absolute atomic E-state index is 3.62. The Bertz CT molecular complexity index is 395. The molecule has 1 N–H and O–H groups in total. The topological polar surface area (TPSA) is 18.5 Å². The zero-order valence-corrected chi connectivity index (χ0v) is 13.8. The maximum Gasteiger partial charge on any atom is 0.0411 e. The fraction of sp³-hybridized carbons (Fsp3) is 0.667. The molecule has 21 heavy (non-hydrogen) atoms. The highest BCUT2D eigenvalue weighted by Gasteiger charge is 2.14. The molecular weight excluding hydrogens is 258 g/mol. The molecule has 0 radical (unpaired) electrons. The second kappa shape index (κ2) is 9.06. The summed E-state index contributed by atoms with van der Waals surface area (Å²) in [6.45, 7) is 12.5. The largest absolute Gasteiger partial charge is 0.371 e. The van der Waals surface area contributed by atoms with Gasteiger partial charge in [0.15, 0.2) is 0 Å². The molecule has 0 bridgehead atoms. The zero-order valence-electron chi connectivity index (χ0n) is 13.8. The fourth-order valence-corrected chi connectivity index (χ4v) is 3.12. The molecule has 3 heteroatoms. The van der Waals surface area contributed by atoms with Crippen LogP contribution in [0.15, 0.2) is 24.3 Å². The molecule has 2 rings (SSSR count). The van der Waals surface area contributed by atoms with Crippen LogP contribution in [0.2, 0.25) is 0 Å². The molecule has 1 saturated heterocycles. The van der Waals surface area contributed by atoms with Crippen LogP contribution >= 0.6 is 0 Å². The van der Waals surface area contributed by atoms with Crippen LogP contribution in [-0.2, 0) is 6.54 Å². The molecular formula is C18H31N3. The smallest absolute Gasteiger partial charge is 0.0411 e. The minimum atomic E-state index is 0.991. The van der Waals surface area contributed by atoms with Crippen LogP contribution in [0.5, 0.6) is 0 Å². The van der Waals surface area contributed by atoms with E-state index >= 15 is 0 Å². The first-order valence-electron chi connectivity index (χ1n) is 8.61. The minimum Gasteiger partial charge on any atom is -0.371 e. The molecule has 1 heterocycles. The molecule has 118 valence electrons. The number of para-hydroxylation sites is 1. The molecule has 0 spiro atoms. The summed E-state index contributed by atoms with van der Waals surface area (Å²) in [6.07, 6.45) is 3.91. The summed E-state index contributed by atoms with van der Waals surface area (Å²) < 4.78 is 0. The molecule has 0 saturated carbocycles. The van der Waals surface area contributed by atoms with E-state index in [0.717, 1.165) is 26.2 Å². The van der Waals surface area contributed by atoms with Gasteiger partial charge in [-0.25, -0.2) is 0 Å². The Labute approximate surface area is 130 Å². The molecule has 0 amide bonds. The fourth-order valence-electron chi connectivity index (χ4n) is 3.12. The van der Waals surface area contributed by atoms with Gasteiger partial charge in [0.2, 0.25) is 0 Å². The van der Waals surface area contributed by atoms with Gasteiger partial charge in [0.25, 0.3) is 0 Å². The van der Waals surface area contributed by atoms with Crippen LogP contribution < -0.4 is 10.2 Å². The van der Waals surface area contributed by atoms with Crippen molar-refractivity contribution >= 4 is 5.69 Å². The van der Waals surface area contributed by atoms with E-state index in [9.17, 15) is 0 Å². The van der Waals surface area contributed by atoms with Crippen LogP contribution in [0, 0.1) is 0 Å². The summed E-state index contributed by atoms with van der Waals surface area (Å²) in [5.41, 5.74) is 2.88. The van der Waals surface area contributed by atoms with E-state index in [1.54, 1.807) is 0 Å². The van der Waals surface area contributed by atoms with Gasteiger partial charge in [-0.1, -0.05) is 32.0 Å². The van der Waals surface area contributed by atoms with Gasteiger partial charge in [-0.15, -0.1) is 0 Å². The molecule has 0 aromatic heterocycles. The van der Waals surface area contributed by atoms with Gasteiger partial charge in [0, 0.05) is 25.3 Å². The maximum atomic E-state index is 3.62. The summed E-state index contributed by atoms with van der Waals surface area (Å²) in [7, 11) is 0. The van der Waals surface area contributed by atoms with Crippen molar-refractivity contribution in [1.82, 2.24) is 10.2 Å². The molecule has 1 aromatic rings. The Morgan fingerprint density at radius 3 is 2.52 bits per heavy atom. The van der Waals surface area contributed by atoms with E-state index in [0.29, 0.717) is 0 Å². The molecule has 0 aliphatic carbocycles. The lowest BCUT2D eigenvalue weighted by Crippen LogP contribution is -2.27. The predicted octanol–water partition coefficient (Wildman–Crippen LogP) is 3.11. The quantitative estimate of drug-likeness (QED) is 0.705. The third-order valence-corrected chi connectivity index (χ3v) is 4.48. The molecule has 0 unspecified atom stereocenters. The summed E-state index contributed by atoms with van der Waals surface area (Å²) >= 11 is 0. The first kappa shape index (κ1) is 16.3. The molecule has 3 nitrogen and oxygen atoms in total. The SMILES string of the molecule is CCN(CC)CCCNCc1ccccc1N1CCCC1. The molecule has 1 aromatic carbocycles. The molecule has 0 atom stereocenters. The third kappa shape index (κ3) is 5.01. The highest BCUT2D eigenvalue weighted by molar-refractivity contribution is 5.54. The van der Waals surface area contributed by atoms with E-state index in [1.807, 2.05) is 0 Å². The van der Waals surface area contributed by atoms with Crippen molar-refractivity contribution in [3.63, 3.8) is 0 Å². The highest BCUT2D eigenvalue weighted by Crippen LogP contribution is 2.24. The van der Waals surface area contributed by atoms with E-state index < -0.39 is 0 Å². The Balaban J connectivity index is 1.75. The summed E-state index contributed by atoms with van der Waals surface area (Å²) in [6, 6.07) is 8.87. The number of hydrogen-bond acceptors (Lipinski definition) is 3. The van der Waals surface area contributed by atoms with E-state index in [1.165, 1.54) is 50.1 Å². The zero-order chi connectivity index (χ0) is 14.9. The lowest BCUT2D eigenvalue weighted by Gasteiger charge is -2.22. The number of nitrogens with one attached hydrogen (secondary N) is 1. The van der Waals surface area contributed by atoms with Crippen molar-refractivity contribution < 1.29 is 0 Å². The third-order valence-electron chi connectivity index (χ3n) is 4.48. The van der Waals surface area contributed by atoms with E-state index in [-0.39, 0.29) is 0 Å². The Hall–Kier alpha value is -1.06. The molecule has 1 fully saturated rings. The number of nitrogens with zero attached hydrogens (tertiary/aromatic N) is 2. The van der Waals surface area contributed by atoms with Crippen molar-refractivity contribution in [2.75, 3.05) is 44.2 Å². The van der Waals surface area contributed by atoms with Gasteiger partial charge in [0.1, 0.15) is 0 Å². The summed E-state index contributed by atoms with van der Waals surface area (Å²) in [5.74, 6) is 0. The second-order valence-electron chi connectivity index (χ2n) is 5.88. The number of rotatable bonds is 9. The Morgan fingerprint density at radius 2 is 1.81 bits per heavy atom. The lowest BCUT2D eigenvalue weighted by molar-refractivity contribution is 0.298. The van der Waals surface area contributed by atoms with E-state index in [4.69, 9.17) is 0 Å². The normalized spacial score (nSPS) is 15.1. The number of anilines is 1. The van der Waals surface area contributed by atoms with Crippen molar-refractivity contribution in [3.8, 4) is 0 Å². The number of hydrogen-bond donors (Lipinski definition) is 1. The summed E-state index contributed by atoms with van der Waals surface area (Å²) in [5, 5.41) is 3.62. The first-order chi connectivity index (χ1) is 10.3. The highest BCUT2D eigenvalue weighted by atomic mass is 15.1. The van der Waals surface area contributed by atoms with Crippen LogP contribution in [0.4, 0.5) is 5.69 Å². The van der Waals surface area contributed by atoms with Crippen LogP contribution in [0.1, 0.15) is 38.7 Å². The minimum absolute atomic E-state index is 0.991. The van der Waals surface area contributed by atoms with Gasteiger partial charge in [-0.05, 0) is 57.1 Å². The lowest BCUT2D eigenvalue weighted by atomic mass is 10.1. The van der Waals surface area contributed by atoms with Gasteiger partial charge >= 0.3 is 0 Å². The Kier molecular flexibility index (Phi) is 7.04. The average molecular weight is 289 g/mol. The Morgan fingerprint density at radius 1 is 1.10 bits per heavy atom. The van der Waals surface area contributed by atoms with Crippen LogP contribution in [-0.4, -0.2) is 44.2 Å². The molecule has 1 aliphatic heterocycles. The van der Waals surface area contributed by atoms with Gasteiger partial charge in [-0.2, -0.15) is 0 Å². The predicted molar refractivity (Wildman–Crippen MR) is 92.0 cm³/mol. The van der Waals surface area contributed by atoms with Crippen molar-refractivity contribution in [2.24, 2.45) is 0 Å². The monoisotopic (exact) mass is 289 g/mol. The second-order valence-corrected chi connectivity index (χ2v) is 5.88. The van der Waals surface area contributed by atoms with Crippen molar-refractivity contribution in [3.05, 3.63) is 29.8 Å². The molecule has 1 aliphatic rings. The average Bonchev–Trinajstić information content (AvgIpc) is 3.05. The van der Waals surface area contributed by atoms with Crippen LogP contribution in [0.25, 0.3) is 0 Å². The summed E-state index contributed by atoms with van der Waals surface area (Å²) in [4.78, 5) is 5.02. The van der Waals surface area contributed by atoms with Crippen molar-refractivity contribution in [1.29, 1.82) is 0 Å². The van der Waals surface area contributed by atoms with Crippen molar-refractivity contribution in [2.45, 2.75) is 39.7 Å². The van der Waals surface area contributed by atoms with Gasteiger partial charge < -0.3 is 15.1 Å². The van der Waals surface area contributed by atoms with Gasteiger partial charge in [0.05, 0.1) is 0 Å². The van der Waals surface area contributed by atoms with Crippen LogP contribution in [0.3, 0.4) is 0 Å². The van der Waals surface area contributed by atoms with E-state index in [2.05, 4.69) is 53.2 Å².